The summed E-state index contributed by atoms with van der Waals surface area (Å²) >= 11 is 3.34. The standard InChI is InChI=1S/C13H18BrN3O3/c1-8(20-2)3-6-12(18)16-11-5-4-9(7-10(11)14)13(15)17-19/h4-5,7-8,19H,3,6H2,1-2H3,(H2,15,17)(H,16,18). The lowest BCUT2D eigenvalue weighted by Gasteiger charge is -2.11. The van der Waals surface area contributed by atoms with Crippen molar-refractivity contribution in [3.63, 3.8) is 0 Å². The predicted molar refractivity (Wildman–Crippen MR) is 81.0 cm³/mol. The van der Waals surface area contributed by atoms with Crippen LogP contribution in [0.1, 0.15) is 25.3 Å². The Bertz CT molecular complexity index is 506. The number of nitrogens with one attached hydrogen (secondary N) is 1. The fourth-order valence-corrected chi connectivity index (χ4v) is 1.98. The number of oxime groups is 1. The van der Waals surface area contributed by atoms with E-state index in [0.29, 0.717) is 28.6 Å². The van der Waals surface area contributed by atoms with Crippen molar-refractivity contribution in [1.82, 2.24) is 0 Å². The zero-order chi connectivity index (χ0) is 15.1. The number of halogens is 1. The minimum atomic E-state index is -0.0915. The number of carbonyl (C=O) groups is 1. The van der Waals surface area contributed by atoms with Gasteiger partial charge >= 0.3 is 0 Å². The molecule has 0 bridgehead atoms. The van der Waals surface area contributed by atoms with E-state index >= 15 is 0 Å². The maximum Gasteiger partial charge on any atom is 0.224 e. The molecule has 0 fully saturated rings. The highest BCUT2D eigenvalue weighted by Crippen LogP contribution is 2.24. The number of hydrogen-bond acceptors (Lipinski definition) is 4. The van der Waals surface area contributed by atoms with Gasteiger partial charge in [-0.05, 0) is 47.5 Å². The molecule has 6 nitrogen and oxygen atoms in total. The van der Waals surface area contributed by atoms with Crippen molar-refractivity contribution in [2.75, 3.05) is 12.4 Å². The van der Waals surface area contributed by atoms with E-state index in [0.717, 1.165) is 0 Å². The van der Waals surface area contributed by atoms with Crippen LogP contribution >= 0.6 is 15.9 Å². The fourth-order valence-electron chi connectivity index (χ4n) is 1.50. The van der Waals surface area contributed by atoms with Crippen molar-refractivity contribution >= 4 is 33.4 Å². The second kappa shape index (κ2) is 7.86. The van der Waals surface area contributed by atoms with Crippen molar-refractivity contribution < 1.29 is 14.7 Å². The van der Waals surface area contributed by atoms with Crippen molar-refractivity contribution in [3.8, 4) is 0 Å². The van der Waals surface area contributed by atoms with Gasteiger partial charge in [0.25, 0.3) is 0 Å². The van der Waals surface area contributed by atoms with Crippen LogP contribution in [0.15, 0.2) is 27.8 Å². The molecule has 0 spiro atoms. The number of rotatable bonds is 6. The van der Waals surface area contributed by atoms with Crippen molar-refractivity contribution in [2.24, 2.45) is 10.9 Å². The zero-order valence-corrected chi connectivity index (χ0v) is 13.0. The number of carbonyl (C=O) groups excluding carboxylic acids is 1. The fraction of sp³-hybridized carbons (Fsp3) is 0.385. The van der Waals surface area contributed by atoms with Gasteiger partial charge in [0, 0.05) is 23.6 Å². The molecule has 1 aromatic carbocycles. The Morgan fingerprint density at radius 2 is 2.30 bits per heavy atom. The number of benzene rings is 1. The molecule has 0 aromatic heterocycles. The second-order valence-electron chi connectivity index (χ2n) is 4.31. The molecule has 110 valence electrons. The van der Waals surface area contributed by atoms with Crippen molar-refractivity contribution in [2.45, 2.75) is 25.9 Å². The number of anilines is 1. The third-order valence-corrected chi connectivity index (χ3v) is 3.48. The van der Waals surface area contributed by atoms with Crippen LogP contribution in [0, 0.1) is 0 Å². The first-order valence-electron chi connectivity index (χ1n) is 6.08. The summed E-state index contributed by atoms with van der Waals surface area (Å²) < 4.78 is 5.75. The maximum atomic E-state index is 11.8. The molecule has 0 radical (unpaired) electrons. The lowest BCUT2D eigenvalue weighted by molar-refractivity contribution is -0.116. The largest absolute Gasteiger partial charge is 0.409 e. The molecule has 4 N–H and O–H groups in total. The summed E-state index contributed by atoms with van der Waals surface area (Å²) in [6.45, 7) is 1.91. The highest BCUT2D eigenvalue weighted by Gasteiger charge is 2.09. The van der Waals surface area contributed by atoms with Gasteiger partial charge in [-0.2, -0.15) is 0 Å². The molecule has 0 heterocycles. The zero-order valence-electron chi connectivity index (χ0n) is 11.4. The summed E-state index contributed by atoms with van der Waals surface area (Å²) in [4.78, 5) is 11.8. The Balaban J connectivity index is 2.67. The SMILES string of the molecule is COC(C)CCC(=O)Nc1ccc(/C(N)=N/O)cc1Br. The summed E-state index contributed by atoms with van der Waals surface area (Å²) in [7, 11) is 1.62. The molecule has 1 atom stereocenters. The minimum absolute atomic E-state index is 0.0116. The Labute approximate surface area is 126 Å². The number of nitrogens with two attached hydrogens (primary N) is 1. The topological polar surface area (TPSA) is 96.9 Å². The number of ether oxygens (including phenoxy) is 1. The lowest BCUT2D eigenvalue weighted by atomic mass is 10.1. The Hall–Kier alpha value is -1.60. The molecule has 1 amide bonds. The maximum absolute atomic E-state index is 11.8. The molecule has 0 aliphatic heterocycles. The molecule has 0 saturated heterocycles. The van der Waals surface area contributed by atoms with Gasteiger partial charge in [-0.15, -0.1) is 0 Å². The molecular weight excluding hydrogens is 326 g/mol. The van der Waals surface area contributed by atoms with Gasteiger partial charge in [0.2, 0.25) is 5.91 Å². The van der Waals surface area contributed by atoms with Crippen LogP contribution in [0.25, 0.3) is 0 Å². The Morgan fingerprint density at radius 1 is 1.60 bits per heavy atom. The molecule has 0 saturated carbocycles. The van der Waals surface area contributed by atoms with Crippen LogP contribution in [-0.4, -0.2) is 30.2 Å². The van der Waals surface area contributed by atoms with E-state index in [1.54, 1.807) is 25.3 Å². The highest BCUT2D eigenvalue weighted by atomic mass is 79.9. The molecule has 1 aromatic rings. The van der Waals surface area contributed by atoms with E-state index in [9.17, 15) is 4.79 Å². The third kappa shape index (κ3) is 4.82. The van der Waals surface area contributed by atoms with Gasteiger partial charge in [0.15, 0.2) is 5.84 Å². The van der Waals surface area contributed by atoms with Crippen LogP contribution in [-0.2, 0) is 9.53 Å². The number of amidine groups is 1. The van der Waals surface area contributed by atoms with Crippen LogP contribution in [0.4, 0.5) is 5.69 Å². The molecule has 1 rings (SSSR count). The summed E-state index contributed by atoms with van der Waals surface area (Å²) in [5.41, 5.74) is 6.68. The normalized spacial score (nSPS) is 13.1. The second-order valence-corrected chi connectivity index (χ2v) is 5.17. The quantitative estimate of drug-likeness (QED) is 0.319. The Kier molecular flexibility index (Phi) is 6.47. The molecule has 0 aliphatic rings. The highest BCUT2D eigenvalue weighted by molar-refractivity contribution is 9.10. The third-order valence-electron chi connectivity index (χ3n) is 2.83. The molecule has 1 unspecified atom stereocenters. The van der Waals surface area contributed by atoms with E-state index < -0.39 is 0 Å². The monoisotopic (exact) mass is 343 g/mol. The van der Waals surface area contributed by atoms with E-state index in [-0.39, 0.29) is 17.8 Å². The lowest BCUT2D eigenvalue weighted by Crippen LogP contribution is -2.16. The van der Waals surface area contributed by atoms with Gasteiger partial charge in [-0.1, -0.05) is 5.16 Å². The molecule has 7 heteroatoms. The van der Waals surface area contributed by atoms with Crippen molar-refractivity contribution in [3.05, 3.63) is 28.2 Å². The summed E-state index contributed by atoms with van der Waals surface area (Å²) in [5.74, 6) is -0.0800. The van der Waals surface area contributed by atoms with Gasteiger partial charge in [0.1, 0.15) is 0 Å². The smallest absolute Gasteiger partial charge is 0.224 e. The van der Waals surface area contributed by atoms with Crippen LogP contribution in [0.5, 0.6) is 0 Å². The number of amides is 1. The first-order chi connectivity index (χ1) is 9.47. The van der Waals surface area contributed by atoms with E-state index in [1.807, 2.05) is 6.92 Å². The van der Waals surface area contributed by atoms with E-state index in [1.165, 1.54) is 0 Å². The van der Waals surface area contributed by atoms with Crippen molar-refractivity contribution in [1.29, 1.82) is 0 Å². The van der Waals surface area contributed by atoms with Gasteiger partial charge in [0.05, 0.1) is 11.8 Å². The average Bonchev–Trinajstić information content (AvgIpc) is 2.45. The summed E-state index contributed by atoms with van der Waals surface area (Å²) in [5, 5.41) is 14.3. The number of methoxy groups -OCH3 is 1. The van der Waals surface area contributed by atoms with Gasteiger partial charge in [-0.3, -0.25) is 4.79 Å². The molecular formula is C13H18BrN3O3. The minimum Gasteiger partial charge on any atom is -0.409 e. The molecule has 20 heavy (non-hydrogen) atoms. The summed E-state index contributed by atoms with van der Waals surface area (Å²) in [6, 6.07) is 5.02. The Morgan fingerprint density at radius 3 is 2.85 bits per heavy atom. The van der Waals surface area contributed by atoms with Crippen LogP contribution in [0.3, 0.4) is 0 Å². The number of nitrogens with zero attached hydrogens (tertiary/aromatic N) is 1. The summed E-state index contributed by atoms with van der Waals surface area (Å²) in [6.07, 6.45) is 1.08. The van der Waals surface area contributed by atoms with E-state index in [2.05, 4.69) is 26.4 Å². The van der Waals surface area contributed by atoms with Crippen LogP contribution < -0.4 is 11.1 Å². The number of hydrogen-bond donors (Lipinski definition) is 3. The first kappa shape index (κ1) is 16.5. The van der Waals surface area contributed by atoms with Gasteiger partial charge in [-0.25, -0.2) is 0 Å². The van der Waals surface area contributed by atoms with Gasteiger partial charge < -0.3 is 21.0 Å². The predicted octanol–water partition coefficient (Wildman–Crippen LogP) is 2.30. The average molecular weight is 344 g/mol. The molecule has 0 aliphatic carbocycles. The first-order valence-corrected chi connectivity index (χ1v) is 6.87. The van der Waals surface area contributed by atoms with Crippen LogP contribution in [0.2, 0.25) is 0 Å². The van der Waals surface area contributed by atoms with E-state index in [4.69, 9.17) is 15.7 Å².